The second-order valence-electron chi connectivity index (χ2n) is 7.49. The molecule has 1 unspecified atom stereocenters. The summed E-state index contributed by atoms with van der Waals surface area (Å²) in [6, 6.07) is 16.5. The number of halogens is 3. The fourth-order valence-corrected chi connectivity index (χ4v) is 5.33. The molecule has 36 heavy (non-hydrogen) atoms. The zero-order valence-corrected chi connectivity index (χ0v) is 22.1. The van der Waals surface area contributed by atoms with Crippen molar-refractivity contribution in [3.8, 4) is 0 Å². The normalized spacial score (nSPS) is 11.4. The molecule has 0 aliphatic rings. The van der Waals surface area contributed by atoms with Crippen LogP contribution in [-0.4, -0.2) is 49.0 Å². The Labute approximate surface area is 255 Å². The number of pyridine rings is 1. The van der Waals surface area contributed by atoms with E-state index in [-0.39, 0.29) is 35.7 Å². The van der Waals surface area contributed by atoms with Crippen LogP contribution in [0.4, 0.5) is 0 Å². The van der Waals surface area contributed by atoms with Gasteiger partial charge in [0, 0.05) is 34.2 Å². The van der Waals surface area contributed by atoms with Gasteiger partial charge in [-0.2, -0.15) is 4.73 Å². The second kappa shape index (κ2) is 14.0. The Morgan fingerprint density at radius 1 is 1.03 bits per heavy atom. The van der Waals surface area contributed by atoms with Gasteiger partial charge < -0.3 is 14.5 Å². The van der Waals surface area contributed by atoms with Crippen LogP contribution in [-0.2, 0) is 17.9 Å². The second-order valence-corrected chi connectivity index (χ2v) is 10.0. The molecular formula is C25H21Cl3N3NaO2S2. The summed E-state index contributed by atoms with van der Waals surface area (Å²) in [4.78, 5) is 4.11. The van der Waals surface area contributed by atoms with Crippen LogP contribution in [0, 0.1) is 4.64 Å². The van der Waals surface area contributed by atoms with Crippen molar-refractivity contribution in [1.82, 2.24) is 14.3 Å². The number of ether oxygens (including phenoxy) is 1. The molecule has 0 spiro atoms. The van der Waals surface area contributed by atoms with E-state index in [0.29, 0.717) is 27.8 Å². The van der Waals surface area contributed by atoms with Crippen LogP contribution in [0.15, 0.2) is 84.9 Å². The first kappa shape index (κ1) is 29.2. The molecule has 1 N–H and O–H groups in total. The molecule has 1 atom stereocenters. The van der Waals surface area contributed by atoms with E-state index in [4.69, 9.17) is 44.7 Å². The summed E-state index contributed by atoms with van der Waals surface area (Å²) in [6.45, 7) is 1.06. The summed E-state index contributed by atoms with van der Waals surface area (Å²) in [5, 5.41) is 13.9. The number of thiophene rings is 1. The van der Waals surface area contributed by atoms with Gasteiger partial charge in [-0.15, -0.1) is 11.3 Å². The molecule has 0 radical (unpaired) electrons. The summed E-state index contributed by atoms with van der Waals surface area (Å²) >= 11 is 25.1. The van der Waals surface area contributed by atoms with Crippen molar-refractivity contribution >= 4 is 98.0 Å². The third-order valence-corrected chi connectivity index (χ3v) is 7.51. The molecule has 5 aromatic rings. The van der Waals surface area contributed by atoms with Crippen molar-refractivity contribution in [2.45, 2.75) is 19.3 Å². The molecule has 0 aliphatic carbocycles. The van der Waals surface area contributed by atoms with E-state index in [0.717, 1.165) is 31.0 Å². The minimum absolute atomic E-state index is 0. The van der Waals surface area contributed by atoms with Crippen LogP contribution in [0.25, 0.3) is 10.1 Å². The van der Waals surface area contributed by atoms with Crippen LogP contribution >= 0.6 is 58.4 Å². The number of nitrogens with zero attached hydrogens (tertiary/aromatic N) is 3. The fraction of sp³-hybridized carbons (Fsp3) is 0.120. The Morgan fingerprint density at radius 3 is 2.53 bits per heavy atom. The summed E-state index contributed by atoms with van der Waals surface area (Å²) in [7, 11) is 0. The molecule has 0 saturated heterocycles. The van der Waals surface area contributed by atoms with Crippen molar-refractivity contribution < 1.29 is 9.94 Å². The first-order chi connectivity index (χ1) is 16.9. The van der Waals surface area contributed by atoms with Crippen molar-refractivity contribution in [2.24, 2.45) is 0 Å². The number of imidazole rings is 1. The molecule has 0 bridgehead atoms. The topological polar surface area (TPSA) is 52.2 Å². The van der Waals surface area contributed by atoms with E-state index < -0.39 is 0 Å². The first-order valence-electron chi connectivity index (χ1n) is 10.5. The van der Waals surface area contributed by atoms with Gasteiger partial charge in [0.1, 0.15) is 10.7 Å². The van der Waals surface area contributed by atoms with Gasteiger partial charge in [0.15, 0.2) is 0 Å². The minimum atomic E-state index is -0.238. The van der Waals surface area contributed by atoms with Gasteiger partial charge in [-0.3, -0.25) is 0 Å². The number of hydrogen-bond donors (Lipinski definition) is 1. The van der Waals surface area contributed by atoms with Gasteiger partial charge in [-0.05, 0) is 46.7 Å². The zero-order valence-electron chi connectivity index (χ0n) is 18.2. The molecule has 0 saturated carbocycles. The summed E-state index contributed by atoms with van der Waals surface area (Å²) < 4.78 is 10.7. The number of hydrogen-bond acceptors (Lipinski definition) is 5. The van der Waals surface area contributed by atoms with E-state index in [1.807, 2.05) is 35.0 Å². The Bertz CT molecular complexity index is 1480. The molecule has 0 aliphatic heterocycles. The average Bonchev–Trinajstić information content (AvgIpc) is 3.50. The maximum atomic E-state index is 8.73. The summed E-state index contributed by atoms with van der Waals surface area (Å²) in [5.41, 5.74) is 2.01. The van der Waals surface area contributed by atoms with E-state index in [1.54, 1.807) is 48.1 Å². The van der Waals surface area contributed by atoms with Crippen LogP contribution in [0.1, 0.15) is 17.2 Å². The predicted octanol–water partition coefficient (Wildman–Crippen LogP) is 7.82. The van der Waals surface area contributed by atoms with Crippen molar-refractivity contribution in [3.63, 3.8) is 0 Å². The Hall–Kier alpha value is -1.39. The van der Waals surface area contributed by atoms with Crippen LogP contribution in [0.5, 0.6) is 0 Å². The number of rotatable bonds is 6. The van der Waals surface area contributed by atoms with Crippen LogP contribution in [0.2, 0.25) is 15.1 Å². The molecule has 11 heteroatoms. The van der Waals surface area contributed by atoms with Crippen LogP contribution < -0.4 is 0 Å². The predicted molar refractivity (Wildman–Crippen MR) is 153 cm³/mol. The van der Waals surface area contributed by atoms with E-state index in [2.05, 4.69) is 28.6 Å². The first-order valence-corrected chi connectivity index (χ1v) is 12.9. The number of fused-ring (bicyclic) bond motifs is 1. The Morgan fingerprint density at radius 2 is 1.86 bits per heavy atom. The van der Waals surface area contributed by atoms with E-state index in [1.165, 1.54) is 6.20 Å². The summed E-state index contributed by atoms with van der Waals surface area (Å²) in [6.07, 6.45) is 6.66. The molecule has 5 rings (SSSR count). The molecule has 5 nitrogen and oxygen atoms in total. The van der Waals surface area contributed by atoms with Crippen LogP contribution in [0.3, 0.4) is 0 Å². The standard InChI is InChI=1S/C20H15Cl3N2OS.C5H5NOS.Na.H/c21-14-4-5-16(18(23)8-14)19(9-25-7-6-24-12-25)26-10-13-11-27-20-15(13)2-1-3-17(20)22;7-6-4-2-1-3-5(6)8;;/h1-8,11-12,19H,9-10H2;1-4,7H;;. The third-order valence-electron chi connectivity index (χ3n) is 5.12. The van der Waals surface area contributed by atoms with Gasteiger partial charge in [0.25, 0.3) is 0 Å². The quantitative estimate of drug-likeness (QED) is 0.125. The molecule has 3 aromatic heterocycles. The molecule has 182 valence electrons. The van der Waals surface area contributed by atoms with E-state index >= 15 is 0 Å². The SMILES string of the molecule is Clc1ccc(C(Cn2ccnc2)OCc2csc3c(Cl)cccc23)c(Cl)c1.On1ccccc1=S.[NaH]. The number of benzene rings is 2. The Kier molecular flexibility index (Phi) is 11.3. The molecule has 2 aromatic carbocycles. The van der Waals surface area contributed by atoms with Gasteiger partial charge in [0.05, 0.1) is 29.2 Å². The summed E-state index contributed by atoms with van der Waals surface area (Å²) in [5.74, 6) is 0. The van der Waals surface area contributed by atoms with Gasteiger partial charge in [0.2, 0.25) is 0 Å². The van der Waals surface area contributed by atoms with Crippen molar-refractivity contribution in [3.05, 3.63) is 116 Å². The maximum absolute atomic E-state index is 8.73. The monoisotopic (exact) mass is 587 g/mol. The molecule has 0 amide bonds. The average molecular weight is 589 g/mol. The molecular weight excluding hydrogens is 568 g/mol. The van der Waals surface area contributed by atoms with Gasteiger partial charge in [-0.25, -0.2) is 4.98 Å². The van der Waals surface area contributed by atoms with Crippen molar-refractivity contribution in [1.29, 1.82) is 0 Å². The molecule has 0 fully saturated rings. The van der Waals surface area contributed by atoms with E-state index in [9.17, 15) is 0 Å². The Balaban J connectivity index is 0.000000344. The third kappa shape index (κ3) is 7.57. The number of aromatic nitrogens is 3. The van der Waals surface area contributed by atoms with Gasteiger partial charge in [-0.1, -0.05) is 71.3 Å². The van der Waals surface area contributed by atoms with Crippen molar-refractivity contribution in [2.75, 3.05) is 0 Å². The molecule has 3 heterocycles. The fourth-order valence-electron chi connectivity index (χ4n) is 3.39. The zero-order chi connectivity index (χ0) is 24.8. The van der Waals surface area contributed by atoms with Gasteiger partial charge >= 0.3 is 29.6 Å².